The first-order valence-electron chi connectivity index (χ1n) is 9.05. The molecule has 0 fully saturated rings. The largest absolute Gasteiger partial charge is 0.412 e. The second-order valence-electron chi connectivity index (χ2n) is 6.34. The number of halogens is 1. The highest BCUT2D eigenvalue weighted by molar-refractivity contribution is 5.95. The van der Waals surface area contributed by atoms with E-state index in [0.29, 0.717) is 23.3 Å². The molecule has 1 heterocycles. The molecule has 0 unspecified atom stereocenters. The molecular weight excluding hydrogens is 369 g/mol. The molecule has 6 heteroatoms. The smallest absolute Gasteiger partial charge is 0.279 e. The van der Waals surface area contributed by atoms with Gasteiger partial charge in [-0.3, -0.25) is 9.79 Å². The zero-order chi connectivity index (χ0) is 19.5. The van der Waals surface area contributed by atoms with Gasteiger partial charge in [0, 0.05) is 23.7 Å². The summed E-state index contributed by atoms with van der Waals surface area (Å²) in [6.45, 7) is 2.69. The third kappa shape index (κ3) is 3.97. The molecule has 0 radical (unpaired) electrons. The van der Waals surface area contributed by atoms with Crippen LogP contribution in [0, 0.1) is 5.82 Å². The van der Waals surface area contributed by atoms with Gasteiger partial charge in [0.1, 0.15) is 5.82 Å². The standard InChI is InChI=1S/C23H18FN3O.H2O/c1-2-25-15-16-6-5-7-17(14-16)22-20-8-3-4-9-21(20)23(28)27(26-22)19-12-10-18(24)11-13-19;/h3-15H,2H2,1H3;1H2. The van der Waals surface area contributed by atoms with Gasteiger partial charge in [0.2, 0.25) is 0 Å². The van der Waals surface area contributed by atoms with Crippen molar-refractivity contribution in [3.05, 3.63) is 94.5 Å². The van der Waals surface area contributed by atoms with Crippen molar-refractivity contribution in [3.63, 3.8) is 0 Å². The normalized spacial score (nSPS) is 11.0. The second kappa shape index (κ2) is 8.58. The number of rotatable bonds is 4. The van der Waals surface area contributed by atoms with Gasteiger partial charge < -0.3 is 5.48 Å². The lowest BCUT2D eigenvalue weighted by atomic mass is 10.0. The van der Waals surface area contributed by atoms with Crippen LogP contribution in [0.25, 0.3) is 27.7 Å². The van der Waals surface area contributed by atoms with Crippen molar-refractivity contribution >= 4 is 17.0 Å². The number of hydrogen-bond acceptors (Lipinski definition) is 3. The van der Waals surface area contributed by atoms with Crippen LogP contribution in [0.2, 0.25) is 0 Å². The lowest BCUT2D eigenvalue weighted by Crippen LogP contribution is -2.22. The highest BCUT2D eigenvalue weighted by Crippen LogP contribution is 2.26. The van der Waals surface area contributed by atoms with Crippen LogP contribution < -0.4 is 5.56 Å². The molecule has 2 N–H and O–H groups in total. The van der Waals surface area contributed by atoms with Crippen molar-refractivity contribution in [1.82, 2.24) is 9.78 Å². The first-order valence-corrected chi connectivity index (χ1v) is 9.05. The van der Waals surface area contributed by atoms with Gasteiger partial charge in [0.25, 0.3) is 5.56 Å². The maximum absolute atomic E-state index is 13.3. The molecule has 0 aliphatic rings. The van der Waals surface area contributed by atoms with E-state index in [1.807, 2.05) is 55.6 Å². The quantitative estimate of drug-likeness (QED) is 0.498. The van der Waals surface area contributed by atoms with Crippen molar-refractivity contribution < 1.29 is 9.87 Å². The Morgan fingerprint density at radius 3 is 2.45 bits per heavy atom. The van der Waals surface area contributed by atoms with E-state index in [4.69, 9.17) is 0 Å². The average molecular weight is 389 g/mol. The monoisotopic (exact) mass is 389 g/mol. The summed E-state index contributed by atoms with van der Waals surface area (Å²) in [5, 5.41) is 5.96. The van der Waals surface area contributed by atoms with Crippen LogP contribution in [0.15, 0.2) is 82.6 Å². The number of hydrogen-bond donors (Lipinski definition) is 0. The molecule has 4 aromatic rings. The summed E-state index contributed by atoms with van der Waals surface area (Å²) >= 11 is 0. The highest BCUT2D eigenvalue weighted by atomic mass is 19.1. The summed E-state index contributed by atoms with van der Waals surface area (Å²) < 4.78 is 14.6. The minimum Gasteiger partial charge on any atom is -0.412 e. The summed E-state index contributed by atoms with van der Waals surface area (Å²) in [7, 11) is 0. The predicted octanol–water partition coefficient (Wildman–Crippen LogP) is 3.81. The Morgan fingerprint density at radius 1 is 1.00 bits per heavy atom. The summed E-state index contributed by atoms with van der Waals surface area (Å²) in [6, 6.07) is 21.0. The molecule has 0 spiro atoms. The summed E-state index contributed by atoms with van der Waals surface area (Å²) in [5.74, 6) is -0.360. The Kier molecular flexibility index (Phi) is 5.95. The molecule has 146 valence electrons. The van der Waals surface area contributed by atoms with Gasteiger partial charge in [0.05, 0.1) is 16.8 Å². The SMILES string of the molecule is CCN=Cc1cccc(-c2nn(-c3ccc(F)cc3)c(=O)c3ccccc23)c1.O. The third-order valence-corrected chi connectivity index (χ3v) is 4.46. The molecule has 0 saturated carbocycles. The van der Waals surface area contributed by atoms with Crippen molar-refractivity contribution in [2.24, 2.45) is 4.99 Å². The van der Waals surface area contributed by atoms with Gasteiger partial charge in [-0.25, -0.2) is 4.39 Å². The Labute approximate surface area is 167 Å². The number of nitrogens with zero attached hydrogens (tertiary/aromatic N) is 3. The zero-order valence-electron chi connectivity index (χ0n) is 15.8. The van der Waals surface area contributed by atoms with E-state index in [0.717, 1.165) is 16.5 Å². The van der Waals surface area contributed by atoms with Crippen molar-refractivity contribution in [2.75, 3.05) is 6.54 Å². The number of aromatic nitrogens is 2. The summed E-state index contributed by atoms with van der Waals surface area (Å²) in [5.41, 5.74) is 2.81. The fourth-order valence-electron chi connectivity index (χ4n) is 3.12. The maximum Gasteiger partial charge on any atom is 0.279 e. The summed E-state index contributed by atoms with van der Waals surface area (Å²) in [4.78, 5) is 17.3. The van der Waals surface area contributed by atoms with Crippen LogP contribution in [-0.2, 0) is 0 Å². The first kappa shape index (κ1) is 20.1. The molecule has 0 saturated heterocycles. The Hall–Kier alpha value is -3.64. The molecule has 1 aromatic heterocycles. The second-order valence-corrected chi connectivity index (χ2v) is 6.34. The highest BCUT2D eigenvalue weighted by Gasteiger charge is 2.13. The predicted molar refractivity (Wildman–Crippen MR) is 114 cm³/mol. The van der Waals surface area contributed by atoms with E-state index in [1.54, 1.807) is 18.2 Å². The number of benzene rings is 3. The lowest BCUT2D eigenvalue weighted by molar-refractivity contribution is 0.626. The Morgan fingerprint density at radius 2 is 1.72 bits per heavy atom. The minimum atomic E-state index is -0.360. The van der Waals surface area contributed by atoms with Crippen LogP contribution in [0.1, 0.15) is 12.5 Å². The lowest BCUT2D eigenvalue weighted by Gasteiger charge is -2.12. The van der Waals surface area contributed by atoms with Gasteiger partial charge in [-0.2, -0.15) is 9.78 Å². The average Bonchev–Trinajstić information content (AvgIpc) is 2.74. The van der Waals surface area contributed by atoms with E-state index >= 15 is 0 Å². The van der Waals surface area contributed by atoms with E-state index in [1.165, 1.54) is 16.8 Å². The minimum absolute atomic E-state index is 0. The van der Waals surface area contributed by atoms with E-state index in [-0.39, 0.29) is 16.9 Å². The van der Waals surface area contributed by atoms with Gasteiger partial charge in [-0.15, -0.1) is 0 Å². The van der Waals surface area contributed by atoms with E-state index < -0.39 is 0 Å². The topological polar surface area (TPSA) is 78.8 Å². The van der Waals surface area contributed by atoms with Crippen molar-refractivity contribution in [3.8, 4) is 16.9 Å². The van der Waals surface area contributed by atoms with Crippen LogP contribution >= 0.6 is 0 Å². The van der Waals surface area contributed by atoms with Gasteiger partial charge in [0.15, 0.2) is 0 Å². The molecule has 5 nitrogen and oxygen atoms in total. The third-order valence-electron chi connectivity index (χ3n) is 4.46. The molecule has 3 aromatic carbocycles. The fourth-order valence-corrected chi connectivity index (χ4v) is 3.12. The first-order chi connectivity index (χ1) is 13.7. The van der Waals surface area contributed by atoms with Crippen LogP contribution in [-0.4, -0.2) is 28.0 Å². The van der Waals surface area contributed by atoms with Crippen LogP contribution in [0.5, 0.6) is 0 Å². The van der Waals surface area contributed by atoms with Gasteiger partial charge >= 0.3 is 0 Å². The van der Waals surface area contributed by atoms with E-state index in [2.05, 4.69) is 10.1 Å². The van der Waals surface area contributed by atoms with E-state index in [9.17, 15) is 9.18 Å². The van der Waals surface area contributed by atoms with Gasteiger partial charge in [-0.05, 0) is 48.9 Å². The molecule has 0 bridgehead atoms. The molecule has 0 aliphatic heterocycles. The number of aliphatic imine (C=N–C) groups is 1. The summed E-state index contributed by atoms with van der Waals surface area (Å²) in [6.07, 6.45) is 1.82. The zero-order valence-corrected chi connectivity index (χ0v) is 15.8. The van der Waals surface area contributed by atoms with Gasteiger partial charge in [-0.1, -0.05) is 36.4 Å². The van der Waals surface area contributed by atoms with Crippen LogP contribution in [0.3, 0.4) is 0 Å². The van der Waals surface area contributed by atoms with Crippen LogP contribution in [0.4, 0.5) is 4.39 Å². The molecule has 29 heavy (non-hydrogen) atoms. The molecule has 0 atom stereocenters. The molecule has 0 amide bonds. The molecule has 0 aliphatic carbocycles. The molecular formula is C23H20FN3O2. The Balaban J connectivity index is 0.00000240. The van der Waals surface area contributed by atoms with Crippen molar-refractivity contribution in [2.45, 2.75) is 6.92 Å². The number of fused-ring (bicyclic) bond motifs is 1. The fraction of sp³-hybridized carbons (Fsp3) is 0.0870. The van der Waals surface area contributed by atoms with Crippen molar-refractivity contribution in [1.29, 1.82) is 0 Å². The molecule has 4 rings (SSSR count). The Bertz CT molecular complexity index is 1230. The maximum atomic E-state index is 13.3.